The van der Waals surface area contributed by atoms with Crippen LogP contribution in [0.1, 0.15) is 47.7 Å². The van der Waals surface area contributed by atoms with Crippen LogP contribution in [-0.2, 0) is 13.0 Å². The molecule has 1 fully saturated rings. The molecule has 0 saturated carbocycles. The van der Waals surface area contributed by atoms with Gasteiger partial charge in [-0.25, -0.2) is 4.98 Å². The van der Waals surface area contributed by atoms with Gasteiger partial charge in [0, 0.05) is 30.9 Å². The number of likely N-dealkylation sites (tertiary alicyclic amines) is 1. The van der Waals surface area contributed by atoms with Crippen LogP contribution in [0.3, 0.4) is 0 Å². The Bertz CT molecular complexity index is 1500. The summed E-state index contributed by atoms with van der Waals surface area (Å²) in [6, 6.07) is 16.1. The van der Waals surface area contributed by atoms with Crippen LogP contribution in [0.2, 0.25) is 0 Å². The molecule has 0 bridgehead atoms. The minimum atomic E-state index is -0.214. The number of carbonyl (C=O) groups is 1. The Hall–Kier alpha value is -3.91. The zero-order chi connectivity index (χ0) is 26.1. The Balaban J connectivity index is 1.20. The van der Waals surface area contributed by atoms with Crippen LogP contribution in [0.5, 0.6) is 0 Å². The van der Waals surface area contributed by atoms with Gasteiger partial charge in [0.2, 0.25) is 0 Å². The molecule has 0 radical (unpaired) electrons. The van der Waals surface area contributed by atoms with E-state index < -0.39 is 0 Å². The average Bonchev–Trinajstić information content (AvgIpc) is 3.63. The van der Waals surface area contributed by atoms with E-state index in [9.17, 15) is 9.59 Å². The smallest absolute Gasteiger partial charge is 0.261 e. The molecule has 2 aliphatic heterocycles. The molecule has 1 amide bonds. The number of aromatic nitrogens is 3. The molecular weight excluding hydrogens is 476 g/mol. The number of pyridine rings is 1. The maximum Gasteiger partial charge on any atom is 0.261 e. The zero-order valence-corrected chi connectivity index (χ0v) is 21.8. The van der Waals surface area contributed by atoms with Gasteiger partial charge < -0.3 is 25.1 Å². The third kappa shape index (κ3) is 4.96. The SMILES string of the molecule is C[C@@H](Cc1ccccc1)Nc1cc[nH]c(=O)c1-c1nc2cc3c(cc2[nH]1)CN(CCCN1CCCC1)C3=O. The first kappa shape index (κ1) is 24.4. The van der Waals surface area contributed by atoms with Gasteiger partial charge in [0.15, 0.2) is 0 Å². The maximum absolute atomic E-state index is 13.1. The van der Waals surface area contributed by atoms with E-state index in [1.165, 1.54) is 31.5 Å². The second kappa shape index (κ2) is 10.5. The number of aromatic amines is 2. The van der Waals surface area contributed by atoms with Crippen molar-refractivity contribution in [1.29, 1.82) is 0 Å². The highest BCUT2D eigenvalue weighted by Crippen LogP contribution is 2.30. The minimum Gasteiger partial charge on any atom is -0.381 e. The van der Waals surface area contributed by atoms with E-state index in [1.807, 2.05) is 41.3 Å². The third-order valence-electron chi connectivity index (χ3n) is 7.67. The van der Waals surface area contributed by atoms with E-state index in [2.05, 4.69) is 39.2 Å². The van der Waals surface area contributed by atoms with E-state index >= 15 is 0 Å². The maximum atomic E-state index is 13.1. The van der Waals surface area contributed by atoms with E-state index in [0.29, 0.717) is 29.0 Å². The Morgan fingerprint density at radius 2 is 1.87 bits per heavy atom. The molecule has 4 aromatic rings. The van der Waals surface area contributed by atoms with Crippen LogP contribution in [-0.4, -0.2) is 62.9 Å². The van der Waals surface area contributed by atoms with Crippen molar-refractivity contribution in [3.05, 3.63) is 81.8 Å². The van der Waals surface area contributed by atoms with E-state index in [0.717, 1.165) is 42.7 Å². The fraction of sp³-hybridized carbons (Fsp3) is 0.367. The van der Waals surface area contributed by atoms with Crippen LogP contribution in [0.15, 0.2) is 59.5 Å². The highest BCUT2D eigenvalue weighted by atomic mass is 16.2. The van der Waals surface area contributed by atoms with Crippen molar-refractivity contribution in [3.8, 4) is 11.4 Å². The van der Waals surface area contributed by atoms with E-state index in [4.69, 9.17) is 4.98 Å². The molecule has 196 valence electrons. The van der Waals surface area contributed by atoms with Crippen molar-refractivity contribution in [3.63, 3.8) is 0 Å². The molecule has 38 heavy (non-hydrogen) atoms. The second-order valence-corrected chi connectivity index (χ2v) is 10.6. The molecule has 1 atom stereocenters. The third-order valence-corrected chi connectivity index (χ3v) is 7.67. The Kier molecular flexibility index (Phi) is 6.72. The predicted octanol–water partition coefficient (Wildman–Crippen LogP) is 4.40. The Morgan fingerprint density at radius 1 is 1.05 bits per heavy atom. The summed E-state index contributed by atoms with van der Waals surface area (Å²) in [6.45, 7) is 6.91. The van der Waals surface area contributed by atoms with Gasteiger partial charge in [-0.15, -0.1) is 0 Å². The van der Waals surface area contributed by atoms with E-state index in [1.54, 1.807) is 6.20 Å². The molecule has 0 spiro atoms. The lowest BCUT2D eigenvalue weighted by molar-refractivity contribution is 0.0772. The number of anilines is 1. The van der Waals surface area contributed by atoms with Crippen LogP contribution in [0.25, 0.3) is 22.4 Å². The predicted molar refractivity (Wildman–Crippen MR) is 150 cm³/mol. The van der Waals surface area contributed by atoms with Crippen molar-refractivity contribution < 1.29 is 4.79 Å². The summed E-state index contributed by atoms with van der Waals surface area (Å²) in [7, 11) is 0. The van der Waals surface area contributed by atoms with Gasteiger partial charge in [0.1, 0.15) is 11.4 Å². The summed E-state index contributed by atoms with van der Waals surface area (Å²) in [6.07, 6.45) is 6.05. The van der Waals surface area contributed by atoms with Crippen LogP contribution in [0, 0.1) is 0 Å². The van der Waals surface area contributed by atoms with E-state index in [-0.39, 0.29) is 17.5 Å². The summed E-state index contributed by atoms with van der Waals surface area (Å²) in [5, 5.41) is 3.50. The number of fused-ring (bicyclic) bond motifs is 2. The standard InChI is InChI=1S/C30H34N6O2/c1-20(16-21-8-3-2-4-9-21)32-24-10-11-31-29(37)27(24)28-33-25-17-22-19-36(15-7-14-35-12-5-6-13-35)30(38)23(22)18-26(25)34-28/h2-4,8-11,17-18,20H,5-7,12-16,19H2,1H3,(H,33,34)(H2,31,32,37)/t20-/m0/s1. The molecule has 2 aromatic heterocycles. The minimum absolute atomic E-state index is 0.0718. The number of amides is 1. The number of H-pyrrole nitrogens is 2. The molecular formula is C30H34N6O2. The van der Waals surface area contributed by atoms with Crippen LogP contribution >= 0.6 is 0 Å². The highest BCUT2D eigenvalue weighted by molar-refractivity contribution is 6.02. The molecule has 0 aliphatic carbocycles. The van der Waals surface area contributed by atoms with Gasteiger partial charge in [-0.1, -0.05) is 30.3 Å². The van der Waals surface area contributed by atoms with Crippen molar-refractivity contribution in [1.82, 2.24) is 24.8 Å². The average molecular weight is 511 g/mol. The molecule has 2 aromatic carbocycles. The van der Waals surface area contributed by atoms with Gasteiger partial charge in [-0.2, -0.15) is 0 Å². The molecule has 3 N–H and O–H groups in total. The molecule has 6 rings (SSSR count). The first-order valence-electron chi connectivity index (χ1n) is 13.6. The van der Waals surface area contributed by atoms with Gasteiger partial charge >= 0.3 is 0 Å². The normalized spacial score (nSPS) is 16.3. The zero-order valence-electron chi connectivity index (χ0n) is 21.8. The fourth-order valence-corrected chi connectivity index (χ4v) is 5.79. The number of hydrogen-bond acceptors (Lipinski definition) is 5. The summed E-state index contributed by atoms with van der Waals surface area (Å²) in [5.74, 6) is 0.567. The summed E-state index contributed by atoms with van der Waals surface area (Å²) >= 11 is 0. The monoisotopic (exact) mass is 510 g/mol. The molecule has 8 nitrogen and oxygen atoms in total. The lowest BCUT2D eigenvalue weighted by Gasteiger charge is -2.19. The highest BCUT2D eigenvalue weighted by Gasteiger charge is 2.28. The molecule has 0 unspecified atom stereocenters. The van der Waals surface area contributed by atoms with Crippen molar-refractivity contribution in [2.24, 2.45) is 0 Å². The molecule has 8 heteroatoms. The van der Waals surface area contributed by atoms with Crippen molar-refractivity contribution >= 4 is 22.6 Å². The second-order valence-electron chi connectivity index (χ2n) is 10.6. The lowest BCUT2D eigenvalue weighted by atomic mass is 10.1. The van der Waals surface area contributed by atoms with Crippen LogP contribution in [0.4, 0.5) is 5.69 Å². The summed E-state index contributed by atoms with van der Waals surface area (Å²) in [5.41, 5.74) is 5.46. The van der Waals surface area contributed by atoms with Gasteiger partial charge in [-0.05, 0) is 81.6 Å². The van der Waals surface area contributed by atoms with Gasteiger partial charge in [-0.3, -0.25) is 9.59 Å². The van der Waals surface area contributed by atoms with Crippen LogP contribution < -0.4 is 10.9 Å². The first-order valence-corrected chi connectivity index (χ1v) is 13.6. The molecule has 1 saturated heterocycles. The van der Waals surface area contributed by atoms with Crippen molar-refractivity contribution in [2.75, 3.05) is 31.5 Å². The van der Waals surface area contributed by atoms with Gasteiger partial charge in [0.25, 0.3) is 11.5 Å². The number of benzene rings is 2. The van der Waals surface area contributed by atoms with Crippen molar-refractivity contribution in [2.45, 2.75) is 45.2 Å². The fourth-order valence-electron chi connectivity index (χ4n) is 5.79. The number of imidazole rings is 1. The number of nitrogens with zero attached hydrogens (tertiary/aromatic N) is 3. The number of carbonyl (C=O) groups excluding carboxylic acids is 1. The summed E-state index contributed by atoms with van der Waals surface area (Å²) < 4.78 is 0. The first-order chi connectivity index (χ1) is 18.5. The summed E-state index contributed by atoms with van der Waals surface area (Å²) in [4.78, 5) is 41.4. The Labute approximate surface area is 222 Å². The number of nitrogens with one attached hydrogen (secondary N) is 3. The number of hydrogen-bond donors (Lipinski definition) is 3. The molecule has 4 heterocycles. The number of rotatable bonds is 9. The lowest BCUT2D eigenvalue weighted by Crippen LogP contribution is -2.29. The van der Waals surface area contributed by atoms with Gasteiger partial charge in [0.05, 0.1) is 16.7 Å². The molecule has 2 aliphatic rings. The quantitative estimate of drug-likeness (QED) is 0.310. The largest absolute Gasteiger partial charge is 0.381 e. The topological polar surface area (TPSA) is 97.1 Å². The Morgan fingerprint density at radius 3 is 2.68 bits per heavy atom.